The maximum Gasteiger partial charge on any atom is 0.332 e. The zero-order chi connectivity index (χ0) is 16.6. The fourth-order valence-electron chi connectivity index (χ4n) is 3.69. The molecule has 7 nitrogen and oxygen atoms in total. The number of aromatic nitrogens is 4. The van der Waals surface area contributed by atoms with Crippen molar-refractivity contribution in [2.75, 3.05) is 26.7 Å². The van der Waals surface area contributed by atoms with Gasteiger partial charge in [0, 0.05) is 27.1 Å². The summed E-state index contributed by atoms with van der Waals surface area (Å²) in [6.45, 7) is 4.38. The first-order valence-corrected chi connectivity index (χ1v) is 8.37. The highest BCUT2D eigenvalue weighted by Crippen LogP contribution is 2.17. The molecule has 1 aliphatic rings. The van der Waals surface area contributed by atoms with Gasteiger partial charge in [0.2, 0.25) is 0 Å². The van der Waals surface area contributed by atoms with Crippen molar-refractivity contribution in [3.8, 4) is 0 Å². The quantitative estimate of drug-likeness (QED) is 0.384. The Hall–Kier alpha value is -1.16. The van der Waals surface area contributed by atoms with E-state index in [0.717, 1.165) is 28.6 Å². The molecule has 0 spiro atoms. The summed E-state index contributed by atoms with van der Waals surface area (Å²) in [6, 6.07) is 0. The minimum Gasteiger partial charge on any atom is -1.00 e. The van der Waals surface area contributed by atoms with Gasteiger partial charge in [0.25, 0.3) is 5.56 Å². The number of fused-ring (bicyclic) bond motifs is 1. The third-order valence-electron chi connectivity index (χ3n) is 5.21. The summed E-state index contributed by atoms with van der Waals surface area (Å²) in [7, 11) is 5.50. The van der Waals surface area contributed by atoms with E-state index in [1.807, 2.05) is 4.57 Å². The number of rotatable bonds is 4. The van der Waals surface area contributed by atoms with Crippen LogP contribution < -0.4 is 35.2 Å². The first-order valence-electron chi connectivity index (χ1n) is 8.37. The smallest absolute Gasteiger partial charge is 0.332 e. The van der Waals surface area contributed by atoms with Crippen molar-refractivity contribution in [3.05, 3.63) is 27.2 Å². The molecule has 8 heteroatoms. The van der Waals surface area contributed by atoms with Crippen LogP contribution in [-0.2, 0) is 20.6 Å². The third-order valence-corrected chi connectivity index (χ3v) is 5.21. The van der Waals surface area contributed by atoms with Gasteiger partial charge in [-0.1, -0.05) is 0 Å². The van der Waals surface area contributed by atoms with Crippen LogP contribution >= 0.6 is 0 Å². The van der Waals surface area contributed by atoms with Gasteiger partial charge in [-0.25, -0.2) is 9.78 Å². The van der Waals surface area contributed by atoms with Crippen LogP contribution in [0.3, 0.4) is 0 Å². The number of hydrogen-bond donors (Lipinski definition) is 0. The Bertz CT molecular complexity index is 829. The predicted molar refractivity (Wildman–Crippen MR) is 89.5 cm³/mol. The summed E-state index contributed by atoms with van der Waals surface area (Å²) in [5, 5.41) is 0. The van der Waals surface area contributed by atoms with E-state index in [1.54, 1.807) is 13.4 Å². The Kier molecular flexibility index (Phi) is 5.90. The Morgan fingerprint density at radius 2 is 1.79 bits per heavy atom. The fraction of sp³-hybridized carbons (Fsp3) is 0.688. The second-order valence-electron chi connectivity index (χ2n) is 7.02. The van der Waals surface area contributed by atoms with Crippen LogP contribution in [0.1, 0.15) is 25.7 Å². The maximum absolute atomic E-state index is 12.4. The van der Waals surface area contributed by atoms with Gasteiger partial charge in [-0.15, -0.1) is 0 Å². The van der Waals surface area contributed by atoms with Gasteiger partial charge < -0.3 is 33.0 Å². The maximum atomic E-state index is 12.4. The van der Waals surface area contributed by atoms with Crippen molar-refractivity contribution in [1.29, 1.82) is 0 Å². The second kappa shape index (κ2) is 7.38. The normalized spacial score (nSPS) is 17.0. The topological polar surface area (TPSA) is 61.8 Å². The molecule has 0 N–H and O–H groups in total. The monoisotopic (exact) mass is 447 g/mol. The van der Waals surface area contributed by atoms with Crippen LogP contribution in [0.2, 0.25) is 0 Å². The molecule has 1 saturated heterocycles. The van der Waals surface area contributed by atoms with Gasteiger partial charge in [0.1, 0.15) is 0 Å². The fourth-order valence-corrected chi connectivity index (χ4v) is 3.69. The molecule has 0 unspecified atom stereocenters. The van der Waals surface area contributed by atoms with E-state index in [2.05, 4.69) is 12.0 Å². The van der Waals surface area contributed by atoms with Crippen molar-refractivity contribution >= 4 is 11.2 Å². The number of nitrogens with zero attached hydrogens (tertiary/aromatic N) is 5. The summed E-state index contributed by atoms with van der Waals surface area (Å²) in [5.41, 5.74) is 0.394. The highest BCUT2D eigenvalue weighted by atomic mass is 127. The molecule has 0 amide bonds. The number of imidazole rings is 1. The van der Waals surface area contributed by atoms with E-state index < -0.39 is 0 Å². The minimum atomic E-state index is -0.334. The molecule has 0 bridgehead atoms. The Labute approximate surface area is 158 Å². The molecule has 0 aromatic carbocycles. The van der Waals surface area contributed by atoms with Crippen molar-refractivity contribution < 1.29 is 28.5 Å². The number of hydrogen-bond acceptors (Lipinski definition) is 3. The molecule has 0 atom stereocenters. The number of quaternary nitrogens is 1. The van der Waals surface area contributed by atoms with E-state index >= 15 is 0 Å². The standard InChI is InChI=1S/C16H26N5O2.HI/c1-18-14-13(15(22)19(2)16(18)23)20(12-17-14)8-7-11-21(3)9-5-4-6-10-21;/h12H,4-11H2,1-3H3;1H/q+1;/p-1. The molecule has 0 radical (unpaired) electrons. The van der Waals surface area contributed by atoms with Crippen molar-refractivity contribution in [2.45, 2.75) is 32.2 Å². The van der Waals surface area contributed by atoms with Crippen LogP contribution in [0.4, 0.5) is 0 Å². The molecule has 0 saturated carbocycles. The van der Waals surface area contributed by atoms with Crippen LogP contribution in [0, 0.1) is 0 Å². The molecule has 0 aliphatic carbocycles. The molecular weight excluding hydrogens is 421 g/mol. The summed E-state index contributed by atoms with van der Waals surface area (Å²) in [4.78, 5) is 28.6. The number of aryl methyl sites for hydroxylation is 2. The largest absolute Gasteiger partial charge is 1.00 e. The average molecular weight is 447 g/mol. The van der Waals surface area contributed by atoms with E-state index in [1.165, 1.54) is 44.0 Å². The van der Waals surface area contributed by atoms with Crippen molar-refractivity contribution in [2.24, 2.45) is 14.1 Å². The molecule has 134 valence electrons. The lowest BCUT2D eigenvalue weighted by atomic mass is 10.1. The van der Waals surface area contributed by atoms with Gasteiger partial charge in [0.05, 0.1) is 33.0 Å². The second-order valence-corrected chi connectivity index (χ2v) is 7.02. The molecule has 1 fully saturated rings. The zero-order valence-electron chi connectivity index (χ0n) is 14.7. The third kappa shape index (κ3) is 3.44. The molecule has 3 rings (SSSR count). The Balaban J connectivity index is 0.00000208. The van der Waals surface area contributed by atoms with E-state index in [9.17, 15) is 9.59 Å². The molecular formula is C16H26IN5O2. The Morgan fingerprint density at radius 3 is 2.46 bits per heavy atom. The van der Waals surface area contributed by atoms with E-state index in [-0.39, 0.29) is 35.2 Å². The molecule has 3 heterocycles. The molecule has 2 aromatic heterocycles. The van der Waals surface area contributed by atoms with Gasteiger partial charge in [-0.3, -0.25) is 13.9 Å². The average Bonchev–Trinajstić information content (AvgIpc) is 2.95. The van der Waals surface area contributed by atoms with Crippen LogP contribution in [-0.4, -0.2) is 49.9 Å². The van der Waals surface area contributed by atoms with Crippen LogP contribution in [0.15, 0.2) is 15.9 Å². The van der Waals surface area contributed by atoms with Gasteiger partial charge in [-0.05, 0) is 19.3 Å². The summed E-state index contributed by atoms with van der Waals surface area (Å²) in [6.07, 6.45) is 6.67. The Morgan fingerprint density at radius 1 is 1.12 bits per heavy atom. The molecule has 1 aliphatic heterocycles. The number of halogens is 1. The first-order chi connectivity index (χ1) is 10.9. The lowest BCUT2D eigenvalue weighted by Crippen LogP contribution is -3.00. The minimum absolute atomic E-state index is 0. The summed E-state index contributed by atoms with van der Waals surface area (Å²) < 4.78 is 5.61. The van der Waals surface area contributed by atoms with Crippen molar-refractivity contribution in [1.82, 2.24) is 18.7 Å². The van der Waals surface area contributed by atoms with Gasteiger partial charge in [-0.2, -0.15) is 0 Å². The lowest BCUT2D eigenvalue weighted by molar-refractivity contribution is -0.914. The lowest BCUT2D eigenvalue weighted by Gasteiger charge is -2.37. The summed E-state index contributed by atoms with van der Waals surface area (Å²) >= 11 is 0. The number of likely N-dealkylation sites (tertiary alicyclic amines) is 1. The SMILES string of the molecule is Cn1c(=O)c2c(ncn2CCC[N+]2(C)CCCCC2)n(C)c1=O.[I-]. The molecule has 2 aromatic rings. The number of piperidine rings is 1. The van der Waals surface area contributed by atoms with Crippen LogP contribution in [0.25, 0.3) is 11.2 Å². The molecule has 24 heavy (non-hydrogen) atoms. The van der Waals surface area contributed by atoms with Crippen molar-refractivity contribution in [3.63, 3.8) is 0 Å². The first kappa shape index (κ1) is 19.2. The zero-order valence-corrected chi connectivity index (χ0v) is 16.8. The summed E-state index contributed by atoms with van der Waals surface area (Å²) in [5.74, 6) is 0. The highest BCUT2D eigenvalue weighted by molar-refractivity contribution is 5.69. The van der Waals surface area contributed by atoms with E-state index in [0.29, 0.717) is 11.2 Å². The van der Waals surface area contributed by atoms with E-state index in [4.69, 9.17) is 0 Å². The predicted octanol–water partition coefficient (Wildman–Crippen LogP) is -2.54. The van der Waals surface area contributed by atoms with Gasteiger partial charge in [0.15, 0.2) is 11.2 Å². The van der Waals surface area contributed by atoms with Gasteiger partial charge >= 0.3 is 5.69 Å². The highest BCUT2D eigenvalue weighted by Gasteiger charge is 2.24. The van der Waals surface area contributed by atoms with Crippen LogP contribution in [0.5, 0.6) is 0 Å².